The van der Waals surface area contributed by atoms with E-state index in [-0.39, 0.29) is 5.82 Å². The first-order chi connectivity index (χ1) is 9.81. The summed E-state index contributed by atoms with van der Waals surface area (Å²) in [5.41, 5.74) is 1.78. The molecule has 0 bridgehead atoms. The summed E-state index contributed by atoms with van der Waals surface area (Å²) >= 11 is 0. The van der Waals surface area contributed by atoms with E-state index in [1.165, 1.54) is 16.9 Å². The number of pyridine rings is 1. The lowest BCUT2D eigenvalue weighted by atomic mass is 10.2. The van der Waals surface area contributed by atoms with Crippen molar-refractivity contribution in [3.63, 3.8) is 0 Å². The van der Waals surface area contributed by atoms with Crippen LogP contribution in [0.25, 0.3) is 11.4 Å². The van der Waals surface area contributed by atoms with Crippen LogP contribution in [0.2, 0.25) is 0 Å². The van der Waals surface area contributed by atoms with Gasteiger partial charge in [0, 0.05) is 18.0 Å². The number of aromatic nitrogens is 5. The Morgan fingerprint density at radius 2 is 1.95 bits per heavy atom. The number of tetrazole rings is 1. The zero-order valence-electron chi connectivity index (χ0n) is 10.6. The van der Waals surface area contributed by atoms with Crippen molar-refractivity contribution in [1.82, 2.24) is 25.2 Å². The average molecular weight is 269 g/mol. The first kappa shape index (κ1) is 12.4. The minimum Gasteiger partial charge on any atom is -0.265 e. The average Bonchev–Trinajstić information content (AvgIpc) is 2.95. The molecule has 0 radical (unpaired) electrons. The van der Waals surface area contributed by atoms with Gasteiger partial charge in [-0.1, -0.05) is 12.1 Å². The fourth-order valence-electron chi connectivity index (χ4n) is 1.86. The van der Waals surface area contributed by atoms with E-state index in [4.69, 9.17) is 0 Å². The Balaban J connectivity index is 1.71. The number of hydrogen-bond acceptors (Lipinski definition) is 4. The summed E-state index contributed by atoms with van der Waals surface area (Å²) < 4.78 is 13.1. The molecule has 20 heavy (non-hydrogen) atoms. The van der Waals surface area contributed by atoms with Crippen LogP contribution in [-0.2, 0) is 13.0 Å². The Kier molecular flexibility index (Phi) is 3.45. The molecular weight excluding hydrogens is 257 g/mol. The summed E-state index contributed by atoms with van der Waals surface area (Å²) in [4.78, 5) is 5.48. The number of nitrogens with zero attached hydrogens (tertiary/aromatic N) is 5. The van der Waals surface area contributed by atoms with Gasteiger partial charge in [-0.2, -0.15) is 4.80 Å². The van der Waals surface area contributed by atoms with Gasteiger partial charge in [-0.25, -0.2) is 4.39 Å². The Morgan fingerprint density at radius 1 is 1.10 bits per heavy atom. The molecule has 3 aromatic rings. The van der Waals surface area contributed by atoms with E-state index in [2.05, 4.69) is 20.4 Å². The van der Waals surface area contributed by atoms with Gasteiger partial charge in [0.25, 0.3) is 0 Å². The van der Waals surface area contributed by atoms with Gasteiger partial charge < -0.3 is 0 Å². The summed E-state index contributed by atoms with van der Waals surface area (Å²) in [7, 11) is 0. The highest BCUT2D eigenvalue weighted by molar-refractivity contribution is 5.53. The van der Waals surface area contributed by atoms with Crippen molar-refractivity contribution in [1.29, 1.82) is 0 Å². The van der Waals surface area contributed by atoms with E-state index < -0.39 is 0 Å². The maximum absolute atomic E-state index is 13.1. The first-order valence-electron chi connectivity index (χ1n) is 6.24. The van der Waals surface area contributed by atoms with Crippen LogP contribution in [0, 0.1) is 5.82 Å². The second-order valence-electron chi connectivity index (χ2n) is 4.32. The standard InChI is InChI=1S/C14H12FN5/c15-13-3-1-2-12(10-13)14-17-19-20(18-14)9-6-11-4-7-16-8-5-11/h1-5,7-8,10H,6,9H2. The van der Waals surface area contributed by atoms with Crippen LogP contribution in [0.4, 0.5) is 4.39 Å². The normalized spacial score (nSPS) is 10.7. The third-order valence-electron chi connectivity index (χ3n) is 2.89. The van der Waals surface area contributed by atoms with Crippen molar-refractivity contribution in [2.24, 2.45) is 0 Å². The van der Waals surface area contributed by atoms with Crippen LogP contribution in [-0.4, -0.2) is 25.2 Å². The predicted octanol–water partition coefficient (Wildman–Crippen LogP) is 2.12. The van der Waals surface area contributed by atoms with Gasteiger partial charge in [0.05, 0.1) is 6.54 Å². The molecule has 5 nitrogen and oxygen atoms in total. The SMILES string of the molecule is Fc1cccc(-c2nnn(CCc3ccncc3)n2)c1. The molecule has 0 aliphatic heterocycles. The van der Waals surface area contributed by atoms with Gasteiger partial charge in [0.2, 0.25) is 5.82 Å². The number of rotatable bonds is 4. The van der Waals surface area contributed by atoms with Crippen LogP contribution >= 0.6 is 0 Å². The lowest BCUT2D eigenvalue weighted by Gasteiger charge is -1.99. The Bertz CT molecular complexity index is 696. The smallest absolute Gasteiger partial charge is 0.205 e. The number of halogens is 1. The van der Waals surface area contributed by atoms with Crippen molar-refractivity contribution in [3.8, 4) is 11.4 Å². The highest BCUT2D eigenvalue weighted by Crippen LogP contribution is 2.14. The zero-order valence-corrected chi connectivity index (χ0v) is 10.6. The highest BCUT2D eigenvalue weighted by atomic mass is 19.1. The van der Waals surface area contributed by atoms with E-state index in [0.717, 1.165) is 12.0 Å². The number of hydrogen-bond donors (Lipinski definition) is 0. The van der Waals surface area contributed by atoms with Crippen molar-refractivity contribution >= 4 is 0 Å². The Morgan fingerprint density at radius 3 is 2.75 bits per heavy atom. The molecule has 0 amide bonds. The molecule has 1 aromatic carbocycles. The molecule has 0 atom stereocenters. The molecular formula is C14H12FN5. The third kappa shape index (κ3) is 2.85. The molecule has 0 aliphatic carbocycles. The highest BCUT2D eigenvalue weighted by Gasteiger charge is 2.06. The Hall–Kier alpha value is -2.63. The first-order valence-corrected chi connectivity index (χ1v) is 6.24. The molecule has 6 heteroatoms. The summed E-state index contributed by atoms with van der Waals surface area (Å²) in [6.07, 6.45) is 4.30. The minimum absolute atomic E-state index is 0.310. The van der Waals surface area contributed by atoms with Gasteiger partial charge in [0.1, 0.15) is 5.82 Å². The summed E-state index contributed by atoms with van der Waals surface area (Å²) in [5.74, 6) is 0.120. The van der Waals surface area contributed by atoms with Crippen molar-refractivity contribution in [3.05, 3.63) is 60.2 Å². The van der Waals surface area contributed by atoms with Crippen LogP contribution < -0.4 is 0 Å². The summed E-state index contributed by atoms with van der Waals surface area (Å²) in [6, 6.07) is 10.1. The largest absolute Gasteiger partial charge is 0.265 e. The van der Waals surface area contributed by atoms with Gasteiger partial charge in [-0.15, -0.1) is 10.2 Å². The fourth-order valence-corrected chi connectivity index (χ4v) is 1.86. The lowest BCUT2D eigenvalue weighted by molar-refractivity contribution is 0.522. The summed E-state index contributed by atoms with van der Waals surface area (Å²) in [6.45, 7) is 0.617. The van der Waals surface area contributed by atoms with E-state index >= 15 is 0 Å². The molecule has 0 fully saturated rings. The minimum atomic E-state index is -0.310. The zero-order chi connectivity index (χ0) is 13.8. The van der Waals surface area contributed by atoms with Gasteiger partial charge in [0.15, 0.2) is 0 Å². The van der Waals surface area contributed by atoms with Crippen molar-refractivity contribution in [2.45, 2.75) is 13.0 Å². The van der Waals surface area contributed by atoms with E-state index in [1.807, 2.05) is 12.1 Å². The number of benzene rings is 1. The van der Waals surface area contributed by atoms with Crippen LogP contribution in [0.5, 0.6) is 0 Å². The van der Waals surface area contributed by atoms with Crippen molar-refractivity contribution < 1.29 is 4.39 Å². The molecule has 0 aliphatic rings. The monoisotopic (exact) mass is 269 g/mol. The molecule has 2 heterocycles. The second kappa shape index (κ2) is 5.56. The predicted molar refractivity (Wildman–Crippen MR) is 71.2 cm³/mol. The molecule has 2 aromatic heterocycles. The molecule has 100 valence electrons. The van der Waals surface area contributed by atoms with E-state index in [0.29, 0.717) is 17.9 Å². The van der Waals surface area contributed by atoms with Crippen LogP contribution in [0.15, 0.2) is 48.8 Å². The van der Waals surface area contributed by atoms with Gasteiger partial charge >= 0.3 is 0 Å². The van der Waals surface area contributed by atoms with Gasteiger partial charge in [-0.05, 0) is 41.5 Å². The maximum Gasteiger partial charge on any atom is 0.205 e. The van der Waals surface area contributed by atoms with Crippen LogP contribution in [0.1, 0.15) is 5.56 Å². The fraction of sp³-hybridized carbons (Fsp3) is 0.143. The second-order valence-corrected chi connectivity index (χ2v) is 4.32. The topological polar surface area (TPSA) is 56.5 Å². The third-order valence-corrected chi connectivity index (χ3v) is 2.89. The van der Waals surface area contributed by atoms with Crippen LogP contribution in [0.3, 0.4) is 0 Å². The van der Waals surface area contributed by atoms with Crippen molar-refractivity contribution in [2.75, 3.05) is 0 Å². The lowest BCUT2D eigenvalue weighted by Crippen LogP contribution is -2.05. The quantitative estimate of drug-likeness (QED) is 0.728. The molecule has 0 spiro atoms. The number of aryl methyl sites for hydroxylation is 2. The maximum atomic E-state index is 13.1. The molecule has 0 saturated carbocycles. The molecule has 0 N–H and O–H groups in total. The summed E-state index contributed by atoms with van der Waals surface area (Å²) in [5, 5.41) is 12.2. The van der Waals surface area contributed by atoms with Gasteiger partial charge in [-0.3, -0.25) is 4.98 Å². The Labute approximate surface area is 115 Å². The molecule has 0 saturated heterocycles. The molecule has 0 unspecified atom stereocenters. The van der Waals surface area contributed by atoms with E-state index in [1.54, 1.807) is 24.5 Å². The molecule has 3 rings (SSSR count). The van der Waals surface area contributed by atoms with E-state index in [9.17, 15) is 4.39 Å².